The van der Waals surface area contributed by atoms with E-state index in [1.807, 2.05) is 6.07 Å². The Labute approximate surface area is 139 Å². The van der Waals surface area contributed by atoms with Crippen LogP contribution < -0.4 is 14.8 Å². The predicted molar refractivity (Wildman–Crippen MR) is 89.4 cm³/mol. The molecular formula is C17H17N3O4. The molecule has 0 spiro atoms. The first kappa shape index (κ1) is 17.1. The molecule has 0 saturated carbocycles. The second-order valence-corrected chi connectivity index (χ2v) is 4.91. The minimum absolute atomic E-state index is 0.00660. The van der Waals surface area contributed by atoms with Crippen molar-refractivity contribution in [3.8, 4) is 17.6 Å². The summed E-state index contributed by atoms with van der Waals surface area (Å²) in [5.41, 5.74) is 1.17. The van der Waals surface area contributed by atoms with Crippen molar-refractivity contribution in [1.29, 1.82) is 5.26 Å². The molecule has 0 aliphatic heterocycles. The molecule has 24 heavy (non-hydrogen) atoms. The Morgan fingerprint density at radius 1 is 1.25 bits per heavy atom. The van der Waals surface area contributed by atoms with Crippen LogP contribution in [0.3, 0.4) is 0 Å². The van der Waals surface area contributed by atoms with E-state index in [2.05, 4.69) is 5.32 Å². The molecule has 0 amide bonds. The van der Waals surface area contributed by atoms with E-state index >= 15 is 0 Å². The molecule has 124 valence electrons. The summed E-state index contributed by atoms with van der Waals surface area (Å²) in [5.74, 6) is 1.25. The van der Waals surface area contributed by atoms with E-state index in [4.69, 9.17) is 14.7 Å². The Morgan fingerprint density at radius 3 is 2.62 bits per heavy atom. The summed E-state index contributed by atoms with van der Waals surface area (Å²) in [6, 6.07) is 13.3. The van der Waals surface area contributed by atoms with Crippen LogP contribution >= 0.6 is 0 Å². The van der Waals surface area contributed by atoms with Crippen LogP contribution in [0.15, 0.2) is 42.5 Å². The van der Waals surface area contributed by atoms with Crippen LogP contribution in [0.1, 0.15) is 12.0 Å². The second-order valence-electron chi connectivity index (χ2n) is 4.91. The average molecular weight is 327 g/mol. The Hall–Kier alpha value is -3.27. The Bertz CT molecular complexity index is 738. The first-order valence-electron chi connectivity index (χ1n) is 7.33. The first-order valence-corrected chi connectivity index (χ1v) is 7.33. The van der Waals surface area contributed by atoms with E-state index in [1.54, 1.807) is 30.3 Å². The molecule has 0 radical (unpaired) electrons. The van der Waals surface area contributed by atoms with Gasteiger partial charge in [0, 0.05) is 18.7 Å². The van der Waals surface area contributed by atoms with Gasteiger partial charge in [0.15, 0.2) is 0 Å². The summed E-state index contributed by atoms with van der Waals surface area (Å²) < 4.78 is 10.8. The number of benzene rings is 2. The van der Waals surface area contributed by atoms with Crippen LogP contribution in [0.2, 0.25) is 0 Å². The van der Waals surface area contributed by atoms with Gasteiger partial charge in [0.05, 0.1) is 36.0 Å². The number of nitrogens with one attached hydrogen (secondary N) is 1. The summed E-state index contributed by atoms with van der Waals surface area (Å²) in [5, 5.41) is 22.7. The summed E-state index contributed by atoms with van der Waals surface area (Å²) in [6.07, 6.45) is 0.700. The van der Waals surface area contributed by atoms with E-state index in [0.29, 0.717) is 42.3 Å². The van der Waals surface area contributed by atoms with Crippen molar-refractivity contribution in [3.05, 3.63) is 58.1 Å². The van der Waals surface area contributed by atoms with E-state index < -0.39 is 4.92 Å². The Kier molecular flexibility index (Phi) is 5.97. The zero-order valence-corrected chi connectivity index (χ0v) is 13.2. The number of nitriles is 1. The van der Waals surface area contributed by atoms with Crippen LogP contribution in [0.4, 0.5) is 11.4 Å². The number of nitrogens with zero attached hydrogens (tertiary/aromatic N) is 2. The van der Waals surface area contributed by atoms with Gasteiger partial charge in [-0.1, -0.05) is 0 Å². The maximum atomic E-state index is 10.8. The molecule has 0 saturated heterocycles. The van der Waals surface area contributed by atoms with Gasteiger partial charge in [0.25, 0.3) is 5.69 Å². The molecule has 7 heteroatoms. The van der Waals surface area contributed by atoms with Gasteiger partial charge >= 0.3 is 0 Å². The van der Waals surface area contributed by atoms with Gasteiger partial charge < -0.3 is 14.8 Å². The number of nitro benzene ring substituents is 1. The molecule has 0 fully saturated rings. The molecule has 0 aromatic heterocycles. The minimum atomic E-state index is -0.446. The average Bonchev–Trinajstić information content (AvgIpc) is 2.61. The molecule has 0 aliphatic rings. The lowest BCUT2D eigenvalue weighted by atomic mass is 10.2. The van der Waals surface area contributed by atoms with E-state index in [1.165, 1.54) is 19.2 Å². The van der Waals surface area contributed by atoms with Crippen molar-refractivity contribution in [2.75, 3.05) is 25.6 Å². The number of anilines is 1. The smallest absolute Gasteiger partial charge is 0.271 e. The molecule has 1 N–H and O–H groups in total. The molecule has 0 unspecified atom stereocenters. The van der Waals surface area contributed by atoms with Crippen molar-refractivity contribution < 1.29 is 14.4 Å². The normalized spacial score (nSPS) is 9.83. The lowest BCUT2D eigenvalue weighted by molar-refractivity contribution is -0.384. The van der Waals surface area contributed by atoms with Crippen molar-refractivity contribution in [3.63, 3.8) is 0 Å². The number of ether oxygens (including phenoxy) is 2. The highest BCUT2D eigenvalue weighted by molar-refractivity contribution is 5.61. The topological polar surface area (TPSA) is 97.4 Å². The zero-order chi connectivity index (χ0) is 17.4. The van der Waals surface area contributed by atoms with Crippen LogP contribution in [-0.2, 0) is 0 Å². The van der Waals surface area contributed by atoms with Crippen LogP contribution in [0, 0.1) is 21.4 Å². The summed E-state index contributed by atoms with van der Waals surface area (Å²) in [6.45, 7) is 1.06. The number of nitro groups is 1. The monoisotopic (exact) mass is 327 g/mol. The molecule has 7 nitrogen and oxygen atoms in total. The summed E-state index contributed by atoms with van der Waals surface area (Å²) in [7, 11) is 1.51. The van der Waals surface area contributed by atoms with Gasteiger partial charge in [0.2, 0.25) is 0 Å². The third-order valence-corrected chi connectivity index (χ3v) is 3.28. The standard InChI is InChI=1S/C17H17N3O4/c1-23-17-8-5-14(20(21)22)11-16(17)19-9-2-10-24-15-6-3-13(12-18)4-7-15/h3-8,11,19H,2,9-10H2,1H3. The van der Waals surface area contributed by atoms with E-state index in [-0.39, 0.29) is 5.69 Å². The Morgan fingerprint density at radius 2 is 2.00 bits per heavy atom. The van der Waals surface area contributed by atoms with Gasteiger partial charge in [-0.25, -0.2) is 0 Å². The number of hydrogen-bond acceptors (Lipinski definition) is 6. The fourth-order valence-corrected chi connectivity index (χ4v) is 2.06. The molecule has 2 rings (SSSR count). The van der Waals surface area contributed by atoms with Crippen molar-refractivity contribution in [1.82, 2.24) is 0 Å². The van der Waals surface area contributed by atoms with Crippen LogP contribution in [0.25, 0.3) is 0 Å². The van der Waals surface area contributed by atoms with Gasteiger partial charge in [-0.15, -0.1) is 0 Å². The molecule has 0 bridgehead atoms. The number of methoxy groups -OCH3 is 1. The zero-order valence-electron chi connectivity index (χ0n) is 13.2. The highest BCUT2D eigenvalue weighted by Crippen LogP contribution is 2.28. The Balaban J connectivity index is 1.82. The van der Waals surface area contributed by atoms with Gasteiger partial charge in [-0.05, 0) is 36.8 Å². The third kappa shape index (κ3) is 4.61. The second kappa shape index (κ2) is 8.39. The molecule has 2 aromatic carbocycles. The number of rotatable bonds is 8. The maximum Gasteiger partial charge on any atom is 0.271 e. The highest BCUT2D eigenvalue weighted by Gasteiger charge is 2.10. The fourth-order valence-electron chi connectivity index (χ4n) is 2.06. The van der Waals surface area contributed by atoms with E-state index in [0.717, 1.165) is 0 Å². The molecule has 0 atom stereocenters. The van der Waals surface area contributed by atoms with Crippen molar-refractivity contribution >= 4 is 11.4 Å². The lowest BCUT2D eigenvalue weighted by Crippen LogP contribution is -2.08. The molecular weight excluding hydrogens is 310 g/mol. The minimum Gasteiger partial charge on any atom is -0.495 e. The number of non-ortho nitro benzene ring substituents is 1. The van der Waals surface area contributed by atoms with Gasteiger partial charge in [-0.3, -0.25) is 10.1 Å². The third-order valence-electron chi connectivity index (χ3n) is 3.28. The quantitative estimate of drug-likeness (QED) is 0.453. The predicted octanol–water partition coefficient (Wildman–Crippen LogP) is 3.36. The summed E-state index contributed by atoms with van der Waals surface area (Å²) >= 11 is 0. The number of hydrogen-bond donors (Lipinski definition) is 1. The van der Waals surface area contributed by atoms with Crippen molar-refractivity contribution in [2.24, 2.45) is 0 Å². The molecule has 0 heterocycles. The van der Waals surface area contributed by atoms with E-state index in [9.17, 15) is 10.1 Å². The van der Waals surface area contributed by atoms with Gasteiger partial charge in [0.1, 0.15) is 11.5 Å². The first-order chi connectivity index (χ1) is 11.6. The van der Waals surface area contributed by atoms with Crippen LogP contribution in [0.5, 0.6) is 11.5 Å². The maximum absolute atomic E-state index is 10.8. The largest absolute Gasteiger partial charge is 0.495 e. The summed E-state index contributed by atoms with van der Waals surface area (Å²) in [4.78, 5) is 10.4. The fraction of sp³-hybridized carbons (Fsp3) is 0.235. The highest BCUT2D eigenvalue weighted by atomic mass is 16.6. The molecule has 2 aromatic rings. The lowest BCUT2D eigenvalue weighted by Gasteiger charge is -2.11. The van der Waals surface area contributed by atoms with Crippen molar-refractivity contribution in [2.45, 2.75) is 6.42 Å². The van der Waals surface area contributed by atoms with Crippen LogP contribution in [-0.4, -0.2) is 25.2 Å². The SMILES string of the molecule is COc1ccc([N+](=O)[O-])cc1NCCCOc1ccc(C#N)cc1. The van der Waals surface area contributed by atoms with Gasteiger partial charge in [-0.2, -0.15) is 5.26 Å². The molecule has 0 aliphatic carbocycles.